The van der Waals surface area contributed by atoms with Crippen LogP contribution in [0.2, 0.25) is 0 Å². The summed E-state index contributed by atoms with van der Waals surface area (Å²) in [6.07, 6.45) is 1.40. The molecule has 1 aromatic rings. The third-order valence-corrected chi connectivity index (χ3v) is 1.94. The van der Waals surface area contributed by atoms with E-state index in [4.69, 9.17) is 4.74 Å². The van der Waals surface area contributed by atoms with Gasteiger partial charge < -0.3 is 4.74 Å². The molecule has 0 aliphatic rings. The second kappa shape index (κ2) is 5.04. The summed E-state index contributed by atoms with van der Waals surface area (Å²) in [5.74, 6) is 1.68. The number of ether oxygens (including phenoxy) is 1. The minimum Gasteiger partial charge on any atom is -0.491 e. The summed E-state index contributed by atoms with van der Waals surface area (Å²) in [5.41, 5.74) is 1.39. The van der Waals surface area contributed by atoms with Gasteiger partial charge in [0.25, 0.3) is 0 Å². The molecule has 0 amide bonds. The molecular weight excluding hydrogens is 172 g/mol. The van der Waals surface area contributed by atoms with Gasteiger partial charge in [-0.25, -0.2) is 0 Å². The highest BCUT2D eigenvalue weighted by Crippen LogP contribution is 2.15. The standard InChI is InChI=1S/C13H20O/c1-10(2)9-12-5-7-13(8-6-12)14-11(3)4/h5-8,10-11H,9H2,1-4H3. The molecule has 0 aliphatic heterocycles. The zero-order chi connectivity index (χ0) is 10.6. The molecule has 0 aliphatic carbocycles. The predicted molar refractivity (Wildman–Crippen MR) is 60.7 cm³/mol. The van der Waals surface area contributed by atoms with Gasteiger partial charge in [-0.2, -0.15) is 0 Å². The maximum atomic E-state index is 5.57. The fourth-order valence-corrected chi connectivity index (χ4v) is 1.45. The van der Waals surface area contributed by atoms with Crippen LogP contribution in [0, 0.1) is 5.92 Å². The van der Waals surface area contributed by atoms with Crippen molar-refractivity contribution in [3.05, 3.63) is 29.8 Å². The summed E-state index contributed by atoms with van der Waals surface area (Å²) in [5, 5.41) is 0. The van der Waals surface area contributed by atoms with Crippen LogP contribution in [0.25, 0.3) is 0 Å². The SMILES string of the molecule is CC(C)Cc1ccc(OC(C)C)cc1. The Morgan fingerprint density at radius 2 is 1.57 bits per heavy atom. The van der Waals surface area contributed by atoms with Crippen molar-refractivity contribution in [1.82, 2.24) is 0 Å². The predicted octanol–water partition coefficient (Wildman–Crippen LogP) is 3.67. The molecule has 1 aromatic carbocycles. The summed E-state index contributed by atoms with van der Waals surface area (Å²) in [6.45, 7) is 8.56. The molecule has 0 atom stereocenters. The first kappa shape index (κ1) is 11.1. The summed E-state index contributed by atoms with van der Waals surface area (Å²) < 4.78 is 5.57. The van der Waals surface area contributed by atoms with Gasteiger partial charge in [0.05, 0.1) is 6.10 Å². The molecule has 78 valence electrons. The van der Waals surface area contributed by atoms with Gasteiger partial charge in [-0.05, 0) is 43.9 Å². The van der Waals surface area contributed by atoms with E-state index in [2.05, 4.69) is 38.1 Å². The highest BCUT2D eigenvalue weighted by atomic mass is 16.5. The largest absolute Gasteiger partial charge is 0.491 e. The monoisotopic (exact) mass is 192 g/mol. The Morgan fingerprint density at radius 3 is 2.00 bits per heavy atom. The molecule has 0 aromatic heterocycles. The molecule has 14 heavy (non-hydrogen) atoms. The Hall–Kier alpha value is -0.980. The van der Waals surface area contributed by atoms with Crippen LogP contribution < -0.4 is 4.74 Å². The zero-order valence-electron chi connectivity index (χ0n) is 9.58. The number of hydrogen-bond acceptors (Lipinski definition) is 1. The Labute approximate surface area is 87.1 Å². The van der Waals surface area contributed by atoms with Crippen LogP contribution >= 0.6 is 0 Å². The topological polar surface area (TPSA) is 9.23 Å². The van der Waals surface area contributed by atoms with Crippen LogP contribution in [-0.4, -0.2) is 6.10 Å². The Bertz CT molecular complexity index is 230. The van der Waals surface area contributed by atoms with Gasteiger partial charge in [-0.1, -0.05) is 26.0 Å². The van der Waals surface area contributed by atoms with Crippen molar-refractivity contribution in [2.24, 2.45) is 5.92 Å². The lowest BCUT2D eigenvalue weighted by Gasteiger charge is -2.10. The van der Waals surface area contributed by atoms with Crippen LogP contribution in [0.15, 0.2) is 24.3 Å². The normalized spacial score (nSPS) is 11.0. The molecule has 0 fully saturated rings. The molecule has 0 unspecified atom stereocenters. The van der Waals surface area contributed by atoms with Crippen molar-refractivity contribution in [3.63, 3.8) is 0 Å². The molecule has 0 heterocycles. The van der Waals surface area contributed by atoms with E-state index in [0.29, 0.717) is 5.92 Å². The van der Waals surface area contributed by atoms with E-state index in [-0.39, 0.29) is 6.10 Å². The summed E-state index contributed by atoms with van der Waals surface area (Å²) in [6, 6.07) is 8.41. The smallest absolute Gasteiger partial charge is 0.119 e. The van der Waals surface area contributed by atoms with Crippen LogP contribution in [0.3, 0.4) is 0 Å². The van der Waals surface area contributed by atoms with Crippen molar-refractivity contribution in [1.29, 1.82) is 0 Å². The van der Waals surface area contributed by atoms with Crippen molar-refractivity contribution in [2.75, 3.05) is 0 Å². The molecule has 0 saturated carbocycles. The first-order chi connectivity index (χ1) is 6.58. The molecule has 0 saturated heterocycles. The highest BCUT2D eigenvalue weighted by Gasteiger charge is 1.99. The van der Waals surface area contributed by atoms with Gasteiger partial charge in [0.15, 0.2) is 0 Å². The fourth-order valence-electron chi connectivity index (χ4n) is 1.45. The van der Waals surface area contributed by atoms with Gasteiger partial charge in [-0.15, -0.1) is 0 Å². The lowest BCUT2D eigenvalue weighted by molar-refractivity contribution is 0.242. The average molecular weight is 192 g/mol. The molecule has 0 bridgehead atoms. The van der Waals surface area contributed by atoms with Crippen molar-refractivity contribution < 1.29 is 4.74 Å². The maximum absolute atomic E-state index is 5.57. The lowest BCUT2D eigenvalue weighted by Crippen LogP contribution is -2.05. The van der Waals surface area contributed by atoms with Gasteiger partial charge in [-0.3, -0.25) is 0 Å². The quantitative estimate of drug-likeness (QED) is 0.707. The third-order valence-electron chi connectivity index (χ3n) is 1.94. The van der Waals surface area contributed by atoms with E-state index in [1.54, 1.807) is 0 Å². The van der Waals surface area contributed by atoms with Gasteiger partial charge in [0.2, 0.25) is 0 Å². The summed E-state index contributed by atoms with van der Waals surface area (Å²) in [4.78, 5) is 0. The van der Waals surface area contributed by atoms with Gasteiger partial charge >= 0.3 is 0 Å². The average Bonchev–Trinajstić information content (AvgIpc) is 2.06. The molecule has 1 heteroatoms. The minimum atomic E-state index is 0.256. The molecule has 0 N–H and O–H groups in total. The number of rotatable bonds is 4. The van der Waals surface area contributed by atoms with Crippen LogP contribution in [0.4, 0.5) is 0 Å². The Kier molecular flexibility index (Phi) is 3.99. The minimum absolute atomic E-state index is 0.256. The second-order valence-electron chi connectivity index (χ2n) is 4.41. The van der Waals surface area contributed by atoms with E-state index in [1.807, 2.05) is 13.8 Å². The van der Waals surface area contributed by atoms with Gasteiger partial charge in [0.1, 0.15) is 5.75 Å². The molecule has 1 nitrogen and oxygen atoms in total. The number of benzene rings is 1. The fraction of sp³-hybridized carbons (Fsp3) is 0.538. The third kappa shape index (κ3) is 3.82. The number of hydrogen-bond donors (Lipinski definition) is 0. The zero-order valence-corrected chi connectivity index (χ0v) is 9.58. The summed E-state index contributed by atoms with van der Waals surface area (Å²) >= 11 is 0. The first-order valence-electron chi connectivity index (χ1n) is 5.33. The molecular formula is C13H20O. The van der Waals surface area contributed by atoms with E-state index in [1.165, 1.54) is 5.56 Å². The van der Waals surface area contributed by atoms with Crippen LogP contribution in [-0.2, 0) is 6.42 Å². The lowest BCUT2D eigenvalue weighted by atomic mass is 10.0. The van der Waals surface area contributed by atoms with E-state index < -0.39 is 0 Å². The maximum Gasteiger partial charge on any atom is 0.119 e. The molecule has 0 spiro atoms. The molecule has 1 rings (SSSR count). The highest BCUT2D eigenvalue weighted by molar-refractivity contribution is 5.27. The van der Waals surface area contributed by atoms with Crippen molar-refractivity contribution >= 4 is 0 Å². The second-order valence-corrected chi connectivity index (χ2v) is 4.41. The first-order valence-corrected chi connectivity index (χ1v) is 5.33. The van der Waals surface area contributed by atoms with E-state index in [0.717, 1.165) is 12.2 Å². The van der Waals surface area contributed by atoms with E-state index >= 15 is 0 Å². The van der Waals surface area contributed by atoms with Crippen molar-refractivity contribution in [2.45, 2.75) is 40.2 Å². The Morgan fingerprint density at radius 1 is 1.00 bits per heavy atom. The Balaban J connectivity index is 2.59. The summed E-state index contributed by atoms with van der Waals surface area (Å²) in [7, 11) is 0. The van der Waals surface area contributed by atoms with Gasteiger partial charge in [0, 0.05) is 0 Å². The van der Waals surface area contributed by atoms with E-state index in [9.17, 15) is 0 Å². The molecule has 0 radical (unpaired) electrons. The van der Waals surface area contributed by atoms with Crippen molar-refractivity contribution in [3.8, 4) is 5.75 Å². The van der Waals surface area contributed by atoms with Crippen LogP contribution in [0.5, 0.6) is 5.75 Å². The van der Waals surface area contributed by atoms with Crippen LogP contribution in [0.1, 0.15) is 33.3 Å².